The number of para-hydroxylation sites is 1. The summed E-state index contributed by atoms with van der Waals surface area (Å²) < 4.78 is 7.03. The summed E-state index contributed by atoms with van der Waals surface area (Å²) in [6.45, 7) is 2.33. The Bertz CT molecular complexity index is 1370. The monoisotopic (exact) mass is 479 g/mol. The number of amides is 1. The van der Waals surface area contributed by atoms with E-state index in [4.69, 9.17) is 21.3 Å². The maximum absolute atomic E-state index is 13.5. The number of hydrogen-bond donors (Lipinski definition) is 1. The normalized spacial score (nSPS) is 10.9. The number of methoxy groups -OCH3 is 1. The molecule has 0 aliphatic carbocycles. The molecule has 0 saturated heterocycles. The predicted octanol–water partition coefficient (Wildman–Crippen LogP) is 4.76. The minimum Gasteiger partial charge on any atom is -0.495 e. The first kappa shape index (κ1) is 22.9. The van der Waals surface area contributed by atoms with Crippen LogP contribution >= 0.6 is 23.4 Å². The Morgan fingerprint density at radius 2 is 1.88 bits per heavy atom. The lowest BCUT2D eigenvalue weighted by Gasteiger charge is -2.16. The molecule has 6 nitrogen and oxygen atoms in total. The van der Waals surface area contributed by atoms with E-state index in [-0.39, 0.29) is 17.2 Å². The molecule has 1 aromatic heterocycles. The molecule has 33 heavy (non-hydrogen) atoms. The van der Waals surface area contributed by atoms with Crippen molar-refractivity contribution < 1.29 is 9.53 Å². The van der Waals surface area contributed by atoms with E-state index in [0.717, 1.165) is 11.1 Å². The van der Waals surface area contributed by atoms with Gasteiger partial charge < -0.3 is 10.1 Å². The van der Waals surface area contributed by atoms with Gasteiger partial charge in [-0.05, 0) is 54.4 Å². The lowest BCUT2D eigenvalue weighted by molar-refractivity contribution is -0.118. The van der Waals surface area contributed by atoms with Crippen molar-refractivity contribution in [1.29, 1.82) is 0 Å². The molecule has 0 aliphatic rings. The van der Waals surface area contributed by atoms with Gasteiger partial charge in [0.15, 0.2) is 5.16 Å². The van der Waals surface area contributed by atoms with Crippen molar-refractivity contribution >= 4 is 40.2 Å². The van der Waals surface area contributed by atoms with Crippen molar-refractivity contribution in [3.8, 4) is 11.4 Å². The second kappa shape index (κ2) is 10.1. The van der Waals surface area contributed by atoms with Crippen LogP contribution in [0.2, 0.25) is 5.02 Å². The van der Waals surface area contributed by atoms with E-state index in [9.17, 15) is 9.59 Å². The first-order valence-electron chi connectivity index (χ1n) is 10.3. The molecule has 1 amide bonds. The molecule has 0 fully saturated rings. The van der Waals surface area contributed by atoms with Gasteiger partial charge in [0.05, 0.1) is 29.5 Å². The highest BCUT2D eigenvalue weighted by Gasteiger charge is 2.17. The number of rotatable bonds is 7. The van der Waals surface area contributed by atoms with Crippen LogP contribution in [0.3, 0.4) is 0 Å². The van der Waals surface area contributed by atoms with Gasteiger partial charge >= 0.3 is 0 Å². The largest absolute Gasteiger partial charge is 0.495 e. The first-order valence-corrected chi connectivity index (χ1v) is 11.6. The topological polar surface area (TPSA) is 73.2 Å². The van der Waals surface area contributed by atoms with Gasteiger partial charge in [0.1, 0.15) is 5.75 Å². The number of aryl methyl sites for hydroxylation is 1. The number of ether oxygens (including phenoxy) is 1. The second-order valence-electron chi connectivity index (χ2n) is 7.42. The van der Waals surface area contributed by atoms with Crippen molar-refractivity contribution in [1.82, 2.24) is 14.9 Å². The van der Waals surface area contributed by atoms with Crippen molar-refractivity contribution in [3.63, 3.8) is 0 Å². The molecule has 8 heteroatoms. The Balaban J connectivity index is 1.64. The molecule has 1 N–H and O–H groups in total. The van der Waals surface area contributed by atoms with E-state index in [1.54, 1.807) is 37.4 Å². The molecule has 4 rings (SSSR count). The number of halogens is 1. The molecule has 1 heterocycles. The zero-order valence-electron chi connectivity index (χ0n) is 18.2. The molecule has 0 unspecified atom stereocenters. The van der Waals surface area contributed by atoms with Crippen molar-refractivity contribution in [2.45, 2.75) is 18.6 Å². The SMILES string of the molecule is COc1ccc(C)cc1-n1c(SCC(=O)NCc2ccc(Cl)cc2)nc2ccccc2c1=O. The molecule has 0 atom stereocenters. The smallest absolute Gasteiger partial charge is 0.266 e. The summed E-state index contributed by atoms with van der Waals surface area (Å²) in [5.74, 6) is 0.487. The average Bonchev–Trinajstić information content (AvgIpc) is 2.82. The van der Waals surface area contributed by atoms with Crippen molar-refractivity contribution in [3.05, 3.63) is 93.2 Å². The highest BCUT2D eigenvalue weighted by Crippen LogP contribution is 2.28. The third-order valence-corrected chi connectivity index (χ3v) is 6.25. The Hall–Kier alpha value is -3.29. The minimum absolute atomic E-state index is 0.104. The zero-order chi connectivity index (χ0) is 23.4. The van der Waals surface area contributed by atoms with Crippen LogP contribution in [0, 0.1) is 6.92 Å². The lowest BCUT2D eigenvalue weighted by atomic mass is 10.2. The summed E-state index contributed by atoms with van der Waals surface area (Å²) in [5.41, 5.74) is 2.87. The number of thioether (sulfide) groups is 1. The number of fused-ring (bicyclic) bond motifs is 1. The number of hydrogen-bond acceptors (Lipinski definition) is 5. The predicted molar refractivity (Wildman–Crippen MR) is 133 cm³/mol. The Kier molecular flexibility index (Phi) is 7.01. The molecule has 0 spiro atoms. The van der Waals surface area contributed by atoms with Gasteiger partial charge in [-0.1, -0.05) is 53.7 Å². The first-order chi connectivity index (χ1) is 16.0. The Labute approximate surface area is 200 Å². The maximum Gasteiger partial charge on any atom is 0.266 e. The fourth-order valence-corrected chi connectivity index (χ4v) is 4.34. The van der Waals surface area contributed by atoms with Gasteiger partial charge in [0.25, 0.3) is 5.56 Å². The summed E-state index contributed by atoms with van der Waals surface area (Å²) in [7, 11) is 1.56. The third kappa shape index (κ3) is 5.21. The number of aromatic nitrogens is 2. The zero-order valence-corrected chi connectivity index (χ0v) is 19.7. The molecule has 3 aromatic carbocycles. The standard InChI is InChI=1S/C25H22ClN3O3S/c1-16-7-12-22(32-2)21(13-16)29-24(31)19-5-3-4-6-20(19)28-25(29)33-15-23(30)27-14-17-8-10-18(26)11-9-17/h3-13H,14-15H2,1-2H3,(H,27,30). The quantitative estimate of drug-likeness (QED) is 0.305. The van der Waals surface area contributed by atoms with Gasteiger partial charge in [-0.15, -0.1) is 0 Å². The van der Waals surface area contributed by atoms with E-state index < -0.39 is 0 Å². The molecule has 0 saturated carbocycles. The number of carbonyl (C=O) groups excluding carboxylic acids is 1. The van der Waals surface area contributed by atoms with E-state index >= 15 is 0 Å². The minimum atomic E-state index is -0.214. The van der Waals surface area contributed by atoms with Crippen LogP contribution in [0.5, 0.6) is 5.75 Å². The second-order valence-corrected chi connectivity index (χ2v) is 8.80. The fraction of sp³-hybridized carbons (Fsp3) is 0.160. The Morgan fingerprint density at radius 1 is 1.12 bits per heavy atom. The highest BCUT2D eigenvalue weighted by molar-refractivity contribution is 7.99. The van der Waals surface area contributed by atoms with Crippen LogP contribution in [0.15, 0.2) is 76.7 Å². The molecular weight excluding hydrogens is 458 g/mol. The average molecular weight is 480 g/mol. The summed E-state index contributed by atoms with van der Waals surface area (Å²) >= 11 is 7.11. The van der Waals surface area contributed by atoms with Crippen LogP contribution in [0.25, 0.3) is 16.6 Å². The molecule has 4 aromatic rings. The molecule has 0 radical (unpaired) electrons. The van der Waals surface area contributed by atoms with Crippen molar-refractivity contribution in [2.75, 3.05) is 12.9 Å². The van der Waals surface area contributed by atoms with Crippen LogP contribution in [0.4, 0.5) is 0 Å². The third-order valence-electron chi connectivity index (χ3n) is 5.06. The van der Waals surface area contributed by atoms with Gasteiger partial charge in [-0.2, -0.15) is 0 Å². The van der Waals surface area contributed by atoms with Crippen LogP contribution in [-0.2, 0) is 11.3 Å². The number of nitrogens with zero attached hydrogens (tertiary/aromatic N) is 2. The summed E-state index contributed by atoms with van der Waals surface area (Å²) in [6, 6.07) is 20.1. The summed E-state index contributed by atoms with van der Waals surface area (Å²) in [6.07, 6.45) is 0. The lowest BCUT2D eigenvalue weighted by Crippen LogP contribution is -2.26. The van der Waals surface area contributed by atoms with E-state index in [0.29, 0.717) is 39.1 Å². The highest BCUT2D eigenvalue weighted by atomic mass is 35.5. The summed E-state index contributed by atoms with van der Waals surface area (Å²) in [5, 5.41) is 4.45. The van der Waals surface area contributed by atoms with Gasteiger partial charge in [-0.3, -0.25) is 14.2 Å². The van der Waals surface area contributed by atoms with Gasteiger partial charge in [0, 0.05) is 11.6 Å². The number of carbonyl (C=O) groups is 1. The van der Waals surface area contributed by atoms with Crippen molar-refractivity contribution in [2.24, 2.45) is 0 Å². The molecular formula is C25H22ClN3O3S. The molecule has 168 valence electrons. The van der Waals surface area contributed by atoms with E-state index in [1.165, 1.54) is 16.3 Å². The molecule has 0 aliphatic heterocycles. The van der Waals surface area contributed by atoms with Crippen LogP contribution in [-0.4, -0.2) is 28.3 Å². The van der Waals surface area contributed by atoms with Crippen LogP contribution < -0.4 is 15.6 Å². The van der Waals surface area contributed by atoms with E-state index in [2.05, 4.69) is 5.32 Å². The fourth-order valence-electron chi connectivity index (χ4n) is 3.38. The maximum atomic E-state index is 13.5. The Morgan fingerprint density at radius 3 is 2.64 bits per heavy atom. The van der Waals surface area contributed by atoms with Crippen LogP contribution in [0.1, 0.15) is 11.1 Å². The van der Waals surface area contributed by atoms with Gasteiger partial charge in [0.2, 0.25) is 5.91 Å². The number of benzene rings is 3. The van der Waals surface area contributed by atoms with Gasteiger partial charge in [-0.25, -0.2) is 4.98 Å². The number of nitrogens with one attached hydrogen (secondary N) is 1. The molecule has 0 bridgehead atoms. The summed E-state index contributed by atoms with van der Waals surface area (Å²) in [4.78, 5) is 30.7. The van der Waals surface area contributed by atoms with E-state index in [1.807, 2.05) is 43.3 Å².